The number of anilines is 1. The van der Waals surface area contributed by atoms with Crippen molar-refractivity contribution in [2.75, 3.05) is 31.1 Å². The highest BCUT2D eigenvalue weighted by Gasteiger charge is 2.12. The number of H-pyrrole nitrogens is 1. The molecule has 1 aliphatic heterocycles. The molecule has 0 bridgehead atoms. The summed E-state index contributed by atoms with van der Waals surface area (Å²) in [6.45, 7) is 4.13. The molecule has 0 aliphatic carbocycles. The van der Waals surface area contributed by atoms with E-state index in [2.05, 4.69) is 55.1 Å². The van der Waals surface area contributed by atoms with Crippen LogP contribution in [-0.4, -0.2) is 52.6 Å². The number of benzene rings is 1. The lowest BCUT2D eigenvalue weighted by molar-refractivity contribution is 0.0973. The number of aryl methyl sites for hydroxylation is 1. The molecule has 0 atom stereocenters. The summed E-state index contributed by atoms with van der Waals surface area (Å²) in [4.78, 5) is 14.2. The summed E-state index contributed by atoms with van der Waals surface area (Å²) in [5.74, 6) is 0.0716. The van der Waals surface area contributed by atoms with E-state index in [0.29, 0.717) is 12.8 Å². The molecule has 0 saturated carbocycles. The van der Waals surface area contributed by atoms with Crippen LogP contribution in [0.1, 0.15) is 22.6 Å². The molecule has 110 valence electrons. The molecule has 0 radical (unpaired) electrons. The average molecular weight is 286 g/mol. The number of ketones is 1. The van der Waals surface area contributed by atoms with Gasteiger partial charge >= 0.3 is 0 Å². The first-order valence-electron chi connectivity index (χ1n) is 7.14. The number of nitrogens with one attached hydrogen (secondary N) is 2. The van der Waals surface area contributed by atoms with Crippen molar-refractivity contribution in [2.45, 2.75) is 12.8 Å². The number of carbonyl (C=O) groups is 1. The van der Waals surface area contributed by atoms with Gasteiger partial charge in [0.05, 0.1) is 0 Å². The number of tetrazole rings is 1. The van der Waals surface area contributed by atoms with E-state index in [1.54, 1.807) is 0 Å². The lowest BCUT2D eigenvalue weighted by atomic mass is 10.1. The molecule has 1 aliphatic rings. The quantitative estimate of drug-likeness (QED) is 0.775. The lowest BCUT2D eigenvalue weighted by Gasteiger charge is -2.29. The monoisotopic (exact) mass is 286 g/mol. The Morgan fingerprint density at radius 2 is 1.95 bits per heavy atom. The van der Waals surface area contributed by atoms with Crippen molar-refractivity contribution in [1.29, 1.82) is 0 Å². The number of nitrogens with zero attached hydrogens (tertiary/aromatic N) is 4. The van der Waals surface area contributed by atoms with Gasteiger partial charge in [-0.25, -0.2) is 0 Å². The van der Waals surface area contributed by atoms with Crippen LogP contribution < -0.4 is 10.2 Å². The Morgan fingerprint density at radius 3 is 2.62 bits per heavy atom. The lowest BCUT2D eigenvalue weighted by Crippen LogP contribution is -2.43. The van der Waals surface area contributed by atoms with E-state index in [0.717, 1.165) is 31.7 Å². The molecule has 2 N–H and O–H groups in total. The Bertz CT molecular complexity index is 574. The second-order valence-corrected chi connectivity index (χ2v) is 5.06. The Labute approximate surface area is 122 Å². The van der Waals surface area contributed by atoms with Gasteiger partial charge in [-0.05, 0) is 29.3 Å². The van der Waals surface area contributed by atoms with Crippen molar-refractivity contribution in [3.63, 3.8) is 0 Å². The maximum absolute atomic E-state index is 11.8. The molecule has 2 aromatic rings. The Kier molecular flexibility index (Phi) is 4.20. The fraction of sp³-hybridized carbons (Fsp3) is 0.429. The van der Waals surface area contributed by atoms with E-state index < -0.39 is 0 Å². The van der Waals surface area contributed by atoms with Gasteiger partial charge in [0, 0.05) is 38.3 Å². The van der Waals surface area contributed by atoms with Crippen molar-refractivity contribution in [3.8, 4) is 0 Å². The van der Waals surface area contributed by atoms with Gasteiger partial charge in [0.25, 0.3) is 0 Å². The van der Waals surface area contributed by atoms with Crippen LogP contribution in [0.5, 0.6) is 0 Å². The first-order valence-corrected chi connectivity index (χ1v) is 7.14. The number of carbonyl (C=O) groups excluding carboxylic acids is 1. The molecule has 1 aromatic heterocycles. The maximum Gasteiger partial charge on any atom is 0.240 e. The van der Waals surface area contributed by atoms with Crippen LogP contribution in [0.2, 0.25) is 0 Å². The van der Waals surface area contributed by atoms with E-state index in [-0.39, 0.29) is 11.6 Å². The number of piperazine rings is 1. The summed E-state index contributed by atoms with van der Waals surface area (Å²) in [5, 5.41) is 16.4. The molecule has 0 spiro atoms. The van der Waals surface area contributed by atoms with E-state index in [4.69, 9.17) is 0 Å². The zero-order chi connectivity index (χ0) is 14.5. The van der Waals surface area contributed by atoms with Crippen LogP contribution in [0.3, 0.4) is 0 Å². The van der Waals surface area contributed by atoms with Gasteiger partial charge in [-0.3, -0.25) is 4.79 Å². The normalized spacial score (nSPS) is 15.1. The molecule has 0 unspecified atom stereocenters. The van der Waals surface area contributed by atoms with Crippen molar-refractivity contribution in [1.82, 2.24) is 25.9 Å². The molecule has 0 amide bonds. The van der Waals surface area contributed by atoms with Crippen LogP contribution >= 0.6 is 0 Å². The van der Waals surface area contributed by atoms with Crippen molar-refractivity contribution < 1.29 is 4.79 Å². The third kappa shape index (κ3) is 3.43. The summed E-state index contributed by atoms with van der Waals surface area (Å²) in [6, 6.07) is 8.42. The van der Waals surface area contributed by atoms with Crippen molar-refractivity contribution in [2.24, 2.45) is 0 Å². The molecule has 7 heteroatoms. The fourth-order valence-electron chi connectivity index (χ4n) is 2.45. The molecular formula is C14H18N6O. The Hall–Kier alpha value is -2.28. The molecule has 1 fully saturated rings. The molecule has 1 aromatic carbocycles. The molecule has 2 heterocycles. The Balaban J connectivity index is 1.55. The molecule has 1 saturated heterocycles. The average Bonchev–Trinajstić information content (AvgIpc) is 3.08. The van der Waals surface area contributed by atoms with Gasteiger partial charge in [0.1, 0.15) is 0 Å². The first-order chi connectivity index (χ1) is 10.3. The van der Waals surface area contributed by atoms with Crippen molar-refractivity contribution >= 4 is 11.5 Å². The van der Waals surface area contributed by atoms with E-state index in [1.807, 2.05) is 0 Å². The van der Waals surface area contributed by atoms with Crippen LogP contribution in [0.25, 0.3) is 0 Å². The summed E-state index contributed by atoms with van der Waals surface area (Å²) in [5.41, 5.74) is 2.38. The van der Waals surface area contributed by atoms with Gasteiger partial charge in [-0.1, -0.05) is 12.1 Å². The predicted octanol–water partition coefficient (Wildman–Crippen LogP) is 0.425. The van der Waals surface area contributed by atoms with Crippen LogP contribution in [0.15, 0.2) is 24.3 Å². The number of rotatable bonds is 5. The number of aromatic amines is 1. The van der Waals surface area contributed by atoms with Gasteiger partial charge in [-0.2, -0.15) is 5.21 Å². The third-order valence-corrected chi connectivity index (χ3v) is 3.65. The topological polar surface area (TPSA) is 86.8 Å². The van der Waals surface area contributed by atoms with Gasteiger partial charge in [0.15, 0.2) is 0 Å². The van der Waals surface area contributed by atoms with Crippen LogP contribution in [0, 0.1) is 0 Å². The summed E-state index contributed by atoms with van der Waals surface area (Å²) < 4.78 is 0. The highest BCUT2D eigenvalue weighted by Crippen LogP contribution is 2.16. The van der Waals surface area contributed by atoms with E-state index in [1.165, 1.54) is 5.69 Å². The van der Waals surface area contributed by atoms with Crippen LogP contribution in [-0.2, 0) is 6.42 Å². The smallest absolute Gasteiger partial charge is 0.240 e. The number of hydrogen-bond donors (Lipinski definition) is 2. The SMILES string of the molecule is O=C(CCc1ccc(N2CCNCC2)cc1)c1nn[nH]n1. The standard InChI is InChI=1S/C14H18N6O/c21-13(14-16-18-19-17-14)6-3-11-1-4-12(5-2-11)20-9-7-15-8-10-20/h1-2,4-5,15H,3,6-10H2,(H,16,17,18,19). The summed E-state index contributed by atoms with van der Waals surface area (Å²) >= 11 is 0. The Morgan fingerprint density at radius 1 is 1.19 bits per heavy atom. The molecular weight excluding hydrogens is 268 g/mol. The van der Waals surface area contributed by atoms with Crippen LogP contribution in [0.4, 0.5) is 5.69 Å². The zero-order valence-corrected chi connectivity index (χ0v) is 11.7. The minimum Gasteiger partial charge on any atom is -0.369 e. The van der Waals surface area contributed by atoms with Gasteiger partial charge < -0.3 is 10.2 Å². The predicted molar refractivity (Wildman–Crippen MR) is 78.4 cm³/mol. The van der Waals surface area contributed by atoms with Gasteiger partial charge in [-0.15, -0.1) is 10.2 Å². The highest BCUT2D eigenvalue weighted by atomic mass is 16.1. The minimum atomic E-state index is -0.0880. The summed E-state index contributed by atoms with van der Waals surface area (Å²) in [6.07, 6.45) is 1.09. The fourth-order valence-corrected chi connectivity index (χ4v) is 2.45. The zero-order valence-electron chi connectivity index (χ0n) is 11.7. The van der Waals surface area contributed by atoms with Crippen molar-refractivity contribution in [3.05, 3.63) is 35.7 Å². The first kappa shape index (κ1) is 13.7. The summed E-state index contributed by atoms with van der Waals surface area (Å²) in [7, 11) is 0. The second kappa shape index (κ2) is 6.45. The number of hydrogen-bond acceptors (Lipinski definition) is 6. The minimum absolute atomic E-state index is 0.0880. The number of Topliss-reactive ketones (excluding diaryl/α,β-unsaturated/α-hetero) is 1. The molecule has 7 nitrogen and oxygen atoms in total. The third-order valence-electron chi connectivity index (χ3n) is 3.65. The largest absolute Gasteiger partial charge is 0.369 e. The van der Waals surface area contributed by atoms with E-state index >= 15 is 0 Å². The maximum atomic E-state index is 11.8. The molecule has 3 rings (SSSR count). The van der Waals surface area contributed by atoms with E-state index in [9.17, 15) is 4.79 Å². The number of aromatic nitrogens is 4. The molecule has 21 heavy (non-hydrogen) atoms. The second-order valence-electron chi connectivity index (χ2n) is 5.06. The highest BCUT2D eigenvalue weighted by molar-refractivity contribution is 5.92. The van der Waals surface area contributed by atoms with Gasteiger partial charge in [0.2, 0.25) is 11.6 Å².